The summed E-state index contributed by atoms with van der Waals surface area (Å²) < 4.78 is 26.0. The molecule has 1 atom stereocenters. The van der Waals surface area contributed by atoms with Gasteiger partial charge in [0.05, 0.1) is 19.3 Å². The Hall–Kier alpha value is -3.14. The molecule has 2 fully saturated rings. The van der Waals surface area contributed by atoms with Gasteiger partial charge < -0.3 is 9.47 Å². The fourth-order valence-corrected chi connectivity index (χ4v) is 4.47. The molecule has 186 valence electrons. The van der Waals surface area contributed by atoms with Gasteiger partial charge in [0.2, 0.25) is 11.8 Å². The molecule has 2 aromatic rings. The number of halogens is 1. The third-order valence-corrected chi connectivity index (χ3v) is 6.45. The van der Waals surface area contributed by atoms with Crippen LogP contribution in [0.2, 0.25) is 0 Å². The van der Waals surface area contributed by atoms with Gasteiger partial charge in [0.15, 0.2) is 6.29 Å². The van der Waals surface area contributed by atoms with Gasteiger partial charge in [-0.15, -0.1) is 0 Å². The molecule has 1 N–H and O–H groups in total. The molecule has 2 saturated heterocycles. The number of nitrogens with one attached hydrogen (secondary N) is 1. The van der Waals surface area contributed by atoms with E-state index in [0.29, 0.717) is 48.6 Å². The molecule has 2 amide bonds. The van der Waals surface area contributed by atoms with Crippen LogP contribution < -0.4 is 10.1 Å². The van der Waals surface area contributed by atoms with Crippen LogP contribution >= 0.6 is 0 Å². The van der Waals surface area contributed by atoms with Crippen molar-refractivity contribution in [1.82, 2.24) is 15.1 Å². The molecule has 0 saturated carbocycles. The zero-order valence-corrected chi connectivity index (χ0v) is 19.8. The molecule has 2 aliphatic rings. The van der Waals surface area contributed by atoms with Crippen LogP contribution in [0.1, 0.15) is 39.9 Å². The van der Waals surface area contributed by atoms with Crippen molar-refractivity contribution < 1.29 is 28.2 Å². The summed E-state index contributed by atoms with van der Waals surface area (Å²) in [6.45, 7) is 4.04. The Morgan fingerprint density at radius 1 is 1.23 bits per heavy atom. The van der Waals surface area contributed by atoms with Crippen LogP contribution in [0, 0.1) is 5.82 Å². The lowest BCUT2D eigenvalue weighted by atomic mass is 10.0. The number of piperidine rings is 1. The maximum Gasteiger partial charge on any atom is 0.243 e. The van der Waals surface area contributed by atoms with E-state index in [1.54, 1.807) is 36.2 Å². The van der Waals surface area contributed by atoms with Crippen molar-refractivity contribution in [1.29, 1.82) is 0 Å². The number of benzene rings is 2. The Morgan fingerprint density at radius 2 is 2.03 bits per heavy atom. The molecule has 4 rings (SSSR count). The molecule has 0 radical (unpaired) electrons. The molecule has 8 nitrogen and oxygen atoms in total. The van der Waals surface area contributed by atoms with E-state index in [-0.39, 0.29) is 37.2 Å². The monoisotopic (exact) mass is 483 g/mol. The average Bonchev–Trinajstić information content (AvgIpc) is 2.85. The SMILES string of the molecule is CN(Cc1c(C=O)cccc1OCc1cc(CN2CCOCC2)ccc1F)C1CCC(=O)NC1=O. The van der Waals surface area contributed by atoms with Crippen molar-refractivity contribution in [3.8, 4) is 5.75 Å². The van der Waals surface area contributed by atoms with Gasteiger partial charge in [-0.2, -0.15) is 0 Å². The number of carbonyl (C=O) groups excluding carboxylic acids is 3. The summed E-state index contributed by atoms with van der Waals surface area (Å²) >= 11 is 0. The molecule has 1 unspecified atom stereocenters. The van der Waals surface area contributed by atoms with Crippen molar-refractivity contribution in [2.24, 2.45) is 0 Å². The number of likely N-dealkylation sites (N-methyl/N-ethyl adjacent to an activating group) is 1. The van der Waals surface area contributed by atoms with Gasteiger partial charge in [0.1, 0.15) is 18.2 Å². The number of imide groups is 1. The van der Waals surface area contributed by atoms with E-state index in [9.17, 15) is 18.8 Å². The number of nitrogens with zero attached hydrogens (tertiary/aromatic N) is 2. The highest BCUT2D eigenvalue weighted by atomic mass is 19.1. The van der Waals surface area contributed by atoms with Gasteiger partial charge in [0.25, 0.3) is 0 Å². The molecule has 0 aliphatic carbocycles. The van der Waals surface area contributed by atoms with Gasteiger partial charge in [0, 0.05) is 49.3 Å². The smallest absolute Gasteiger partial charge is 0.243 e. The standard InChI is InChI=1S/C26H30FN3O5/c1-29(23-7-8-25(32)28-26(23)33)15-21-19(16-31)3-2-4-24(21)35-17-20-13-18(5-6-22(20)27)14-30-9-11-34-12-10-30/h2-6,13,16,23H,7-12,14-15,17H2,1H3,(H,28,32,33). The number of carbonyl (C=O) groups is 3. The summed E-state index contributed by atoms with van der Waals surface area (Å²) in [6.07, 6.45) is 1.41. The lowest BCUT2D eigenvalue weighted by molar-refractivity contribution is -0.137. The van der Waals surface area contributed by atoms with Crippen LogP contribution in [-0.2, 0) is 34.0 Å². The highest BCUT2D eigenvalue weighted by Crippen LogP contribution is 2.26. The lowest BCUT2D eigenvalue weighted by Crippen LogP contribution is -2.51. The molecule has 9 heteroatoms. The highest BCUT2D eigenvalue weighted by Gasteiger charge is 2.30. The van der Waals surface area contributed by atoms with Gasteiger partial charge >= 0.3 is 0 Å². The molecule has 2 aliphatic heterocycles. The second-order valence-corrected chi connectivity index (χ2v) is 8.93. The number of hydrogen-bond acceptors (Lipinski definition) is 7. The van der Waals surface area contributed by atoms with Crippen molar-refractivity contribution in [2.45, 2.75) is 38.6 Å². The van der Waals surface area contributed by atoms with Crippen molar-refractivity contribution in [3.05, 3.63) is 64.5 Å². The predicted octanol–water partition coefficient (Wildman–Crippen LogP) is 2.29. The molecular formula is C26H30FN3O5. The van der Waals surface area contributed by atoms with E-state index in [4.69, 9.17) is 9.47 Å². The topological polar surface area (TPSA) is 88.2 Å². The minimum Gasteiger partial charge on any atom is -0.488 e. The normalized spacial score (nSPS) is 19.0. The zero-order valence-electron chi connectivity index (χ0n) is 19.8. The Kier molecular flexibility index (Phi) is 8.22. The summed E-state index contributed by atoms with van der Waals surface area (Å²) in [5.41, 5.74) is 2.46. The zero-order chi connectivity index (χ0) is 24.8. The van der Waals surface area contributed by atoms with E-state index in [1.807, 2.05) is 6.07 Å². The number of morpholine rings is 1. The van der Waals surface area contributed by atoms with Crippen LogP contribution in [0.15, 0.2) is 36.4 Å². The maximum atomic E-state index is 14.6. The van der Waals surface area contributed by atoms with Crippen LogP contribution in [0.3, 0.4) is 0 Å². The molecular weight excluding hydrogens is 453 g/mol. The molecule has 2 heterocycles. The second-order valence-electron chi connectivity index (χ2n) is 8.93. The quantitative estimate of drug-likeness (QED) is 0.433. The van der Waals surface area contributed by atoms with E-state index < -0.39 is 6.04 Å². The van der Waals surface area contributed by atoms with Crippen LogP contribution in [0.4, 0.5) is 4.39 Å². The van der Waals surface area contributed by atoms with Gasteiger partial charge in [-0.05, 0) is 37.2 Å². The summed E-state index contributed by atoms with van der Waals surface area (Å²) in [7, 11) is 1.76. The van der Waals surface area contributed by atoms with E-state index in [0.717, 1.165) is 24.9 Å². The Morgan fingerprint density at radius 3 is 2.77 bits per heavy atom. The Balaban J connectivity index is 1.48. The van der Waals surface area contributed by atoms with Gasteiger partial charge in [-0.3, -0.25) is 29.5 Å². The molecule has 2 aromatic carbocycles. The number of aldehydes is 1. The molecule has 0 bridgehead atoms. The number of hydrogen-bond donors (Lipinski definition) is 1. The first-order valence-electron chi connectivity index (χ1n) is 11.8. The Bertz CT molecular complexity index is 1090. The minimum absolute atomic E-state index is 0.000224. The number of amides is 2. The Labute approximate surface area is 204 Å². The molecule has 0 aromatic heterocycles. The van der Waals surface area contributed by atoms with E-state index in [1.165, 1.54) is 6.07 Å². The summed E-state index contributed by atoms with van der Waals surface area (Å²) in [4.78, 5) is 39.5. The van der Waals surface area contributed by atoms with Crippen molar-refractivity contribution in [2.75, 3.05) is 33.4 Å². The summed E-state index contributed by atoms with van der Waals surface area (Å²) in [5.74, 6) is -0.542. The maximum absolute atomic E-state index is 14.6. The van der Waals surface area contributed by atoms with Gasteiger partial charge in [-0.25, -0.2) is 4.39 Å². The van der Waals surface area contributed by atoms with Gasteiger partial charge in [-0.1, -0.05) is 18.2 Å². The van der Waals surface area contributed by atoms with E-state index in [2.05, 4.69) is 10.2 Å². The van der Waals surface area contributed by atoms with Crippen molar-refractivity contribution >= 4 is 18.1 Å². The van der Waals surface area contributed by atoms with E-state index >= 15 is 0 Å². The number of ether oxygens (including phenoxy) is 2. The minimum atomic E-state index is -0.491. The third-order valence-electron chi connectivity index (χ3n) is 6.45. The van der Waals surface area contributed by atoms with Crippen LogP contribution in [0.25, 0.3) is 0 Å². The third kappa shape index (κ3) is 6.30. The average molecular weight is 484 g/mol. The molecule has 35 heavy (non-hydrogen) atoms. The summed E-state index contributed by atoms with van der Waals surface area (Å²) in [6, 6.07) is 9.67. The second kappa shape index (κ2) is 11.5. The fraction of sp³-hybridized carbons (Fsp3) is 0.423. The fourth-order valence-electron chi connectivity index (χ4n) is 4.47. The predicted molar refractivity (Wildman–Crippen MR) is 126 cm³/mol. The highest BCUT2D eigenvalue weighted by molar-refractivity contribution is 6.00. The first-order valence-corrected chi connectivity index (χ1v) is 11.8. The largest absolute Gasteiger partial charge is 0.488 e. The number of rotatable bonds is 9. The van der Waals surface area contributed by atoms with Crippen molar-refractivity contribution in [3.63, 3.8) is 0 Å². The first-order chi connectivity index (χ1) is 16.9. The lowest BCUT2D eigenvalue weighted by Gasteiger charge is -2.30. The van der Waals surface area contributed by atoms with Crippen LogP contribution in [-0.4, -0.2) is 67.3 Å². The van der Waals surface area contributed by atoms with Crippen LogP contribution in [0.5, 0.6) is 5.75 Å². The summed E-state index contributed by atoms with van der Waals surface area (Å²) in [5, 5.41) is 2.35. The first kappa shape index (κ1) is 25.0. The molecule has 0 spiro atoms.